The molecule has 0 aromatic heterocycles. The number of hydrogen-bond donors (Lipinski definition) is 3. The zero-order valence-electron chi connectivity index (χ0n) is 14.1. The van der Waals surface area contributed by atoms with E-state index in [1.807, 2.05) is 6.07 Å². The van der Waals surface area contributed by atoms with Crippen molar-refractivity contribution in [3.05, 3.63) is 30.3 Å². The number of benzene rings is 1. The number of aliphatic hydroxyl groups is 1. The van der Waals surface area contributed by atoms with E-state index in [0.717, 1.165) is 38.5 Å². The maximum atomic E-state index is 11.6. The molecule has 0 atom stereocenters. The molecule has 1 aromatic rings. The first-order valence-electron chi connectivity index (χ1n) is 8.60. The highest BCUT2D eigenvalue weighted by Crippen LogP contribution is 2.08. The van der Waals surface area contributed by atoms with Gasteiger partial charge in [0.05, 0.1) is 0 Å². The molecule has 0 spiro atoms. The molecule has 6 heteroatoms. The summed E-state index contributed by atoms with van der Waals surface area (Å²) in [5.41, 5.74) is 0. The summed E-state index contributed by atoms with van der Waals surface area (Å²) in [7, 11) is 0. The number of nitrogens with one attached hydrogen (secondary N) is 2. The molecule has 0 heterocycles. The Hall–Kier alpha value is -2.08. The molecule has 3 N–H and O–H groups in total. The molecule has 1 rings (SSSR count). The predicted molar refractivity (Wildman–Crippen MR) is 92.9 cm³/mol. The molecule has 1 aromatic carbocycles. The van der Waals surface area contributed by atoms with Crippen molar-refractivity contribution in [2.75, 3.05) is 19.7 Å². The van der Waals surface area contributed by atoms with Gasteiger partial charge in [-0.05, 0) is 44.2 Å². The molecule has 0 fully saturated rings. The first kappa shape index (κ1) is 20.0. The maximum Gasteiger partial charge on any atom is 0.412 e. The van der Waals surface area contributed by atoms with Gasteiger partial charge in [0.15, 0.2) is 0 Å². The average molecular weight is 336 g/mol. The van der Waals surface area contributed by atoms with Gasteiger partial charge in [0.2, 0.25) is 5.91 Å². The van der Waals surface area contributed by atoms with Crippen LogP contribution in [0.2, 0.25) is 0 Å². The smallest absolute Gasteiger partial charge is 0.410 e. The van der Waals surface area contributed by atoms with Gasteiger partial charge in [0.25, 0.3) is 0 Å². The number of amides is 2. The van der Waals surface area contributed by atoms with Gasteiger partial charge in [-0.2, -0.15) is 0 Å². The highest BCUT2D eigenvalue weighted by atomic mass is 16.6. The molecule has 2 amide bonds. The van der Waals surface area contributed by atoms with Gasteiger partial charge >= 0.3 is 6.09 Å². The van der Waals surface area contributed by atoms with Crippen molar-refractivity contribution in [3.8, 4) is 5.75 Å². The van der Waals surface area contributed by atoms with Crippen LogP contribution in [0.3, 0.4) is 0 Å². The Balaban J connectivity index is 1.92. The predicted octanol–water partition coefficient (Wildman–Crippen LogP) is 2.61. The topological polar surface area (TPSA) is 87.7 Å². The number of para-hydroxylation sites is 1. The van der Waals surface area contributed by atoms with Gasteiger partial charge in [-0.1, -0.05) is 24.6 Å². The number of hydrogen-bond acceptors (Lipinski definition) is 4. The van der Waals surface area contributed by atoms with Crippen LogP contribution in [0, 0.1) is 0 Å². The van der Waals surface area contributed by atoms with Crippen molar-refractivity contribution in [2.24, 2.45) is 0 Å². The van der Waals surface area contributed by atoms with Gasteiger partial charge in [0.1, 0.15) is 5.75 Å². The Morgan fingerprint density at radius 3 is 2.25 bits per heavy atom. The molecule has 0 saturated heterocycles. The largest absolute Gasteiger partial charge is 0.412 e. The lowest BCUT2D eigenvalue weighted by Crippen LogP contribution is -2.27. The molecular weight excluding hydrogens is 308 g/mol. The van der Waals surface area contributed by atoms with Crippen LogP contribution < -0.4 is 15.4 Å². The van der Waals surface area contributed by atoms with Gasteiger partial charge in [0, 0.05) is 26.1 Å². The normalized spacial score (nSPS) is 10.2. The van der Waals surface area contributed by atoms with Gasteiger partial charge in [-0.3, -0.25) is 4.79 Å². The lowest BCUT2D eigenvalue weighted by atomic mass is 10.2. The number of carbonyl (C=O) groups is 2. The number of ether oxygens (including phenoxy) is 1. The summed E-state index contributed by atoms with van der Waals surface area (Å²) < 4.78 is 5.10. The van der Waals surface area contributed by atoms with E-state index in [0.29, 0.717) is 25.3 Å². The Morgan fingerprint density at radius 2 is 1.54 bits per heavy atom. The number of rotatable bonds is 12. The van der Waals surface area contributed by atoms with E-state index in [9.17, 15) is 9.59 Å². The summed E-state index contributed by atoms with van der Waals surface area (Å²) in [6, 6.07) is 8.92. The fraction of sp³-hybridized carbons (Fsp3) is 0.556. The number of carbonyl (C=O) groups excluding carboxylic acids is 2. The second kappa shape index (κ2) is 13.4. The van der Waals surface area contributed by atoms with Crippen molar-refractivity contribution < 1.29 is 19.4 Å². The minimum atomic E-state index is -0.457. The Kier molecular flexibility index (Phi) is 11.1. The number of unbranched alkanes of at least 4 members (excludes halogenated alkanes) is 4. The van der Waals surface area contributed by atoms with Gasteiger partial charge < -0.3 is 20.5 Å². The second-order valence-electron chi connectivity index (χ2n) is 5.57. The summed E-state index contributed by atoms with van der Waals surface area (Å²) in [5, 5.41) is 14.2. The molecule has 6 nitrogen and oxygen atoms in total. The molecule has 0 aliphatic rings. The lowest BCUT2D eigenvalue weighted by Gasteiger charge is -2.07. The fourth-order valence-corrected chi connectivity index (χ4v) is 2.14. The Bertz CT molecular complexity index is 465. The van der Waals surface area contributed by atoms with Crippen LogP contribution in [0.15, 0.2) is 30.3 Å². The van der Waals surface area contributed by atoms with E-state index in [-0.39, 0.29) is 12.5 Å². The van der Waals surface area contributed by atoms with E-state index in [1.54, 1.807) is 24.3 Å². The van der Waals surface area contributed by atoms with E-state index in [4.69, 9.17) is 9.84 Å². The third-order valence-electron chi connectivity index (χ3n) is 3.46. The van der Waals surface area contributed by atoms with Crippen LogP contribution in [0.5, 0.6) is 5.75 Å². The molecule has 0 saturated carbocycles. The summed E-state index contributed by atoms with van der Waals surface area (Å²) in [4.78, 5) is 23.1. The molecule has 0 aliphatic carbocycles. The zero-order valence-corrected chi connectivity index (χ0v) is 14.1. The number of aliphatic hydroxyl groups excluding tert-OH is 1. The standard InChI is InChI=1S/C18H28N2O4/c21-15-9-3-8-13-19-17(22)12-6-2-7-14-20-18(23)24-16-10-4-1-5-11-16/h1,4-5,10-11,21H,2-3,6-9,12-15H2,(H,19,22)(H,20,23). The summed E-state index contributed by atoms with van der Waals surface area (Å²) in [6.07, 6.45) is 5.17. The average Bonchev–Trinajstić information content (AvgIpc) is 2.58. The molecule has 0 radical (unpaired) electrons. The molecule has 24 heavy (non-hydrogen) atoms. The van der Waals surface area contributed by atoms with Crippen LogP contribution in [-0.4, -0.2) is 36.8 Å². The van der Waals surface area contributed by atoms with Crippen LogP contribution in [-0.2, 0) is 4.79 Å². The Morgan fingerprint density at radius 1 is 0.875 bits per heavy atom. The minimum absolute atomic E-state index is 0.0652. The second-order valence-corrected chi connectivity index (χ2v) is 5.57. The van der Waals surface area contributed by atoms with Crippen LogP contribution in [0.25, 0.3) is 0 Å². The van der Waals surface area contributed by atoms with Crippen molar-refractivity contribution >= 4 is 12.0 Å². The van der Waals surface area contributed by atoms with E-state index < -0.39 is 6.09 Å². The van der Waals surface area contributed by atoms with Crippen molar-refractivity contribution in [2.45, 2.75) is 44.9 Å². The lowest BCUT2D eigenvalue weighted by molar-refractivity contribution is -0.121. The molecule has 0 bridgehead atoms. The van der Waals surface area contributed by atoms with E-state index in [1.165, 1.54) is 0 Å². The highest BCUT2D eigenvalue weighted by Gasteiger charge is 2.03. The Labute approximate surface area is 143 Å². The van der Waals surface area contributed by atoms with Crippen LogP contribution >= 0.6 is 0 Å². The monoisotopic (exact) mass is 336 g/mol. The van der Waals surface area contributed by atoms with E-state index >= 15 is 0 Å². The third kappa shape index (κ3) is 10.6. The fourth-order valence-electron chi connectivity index (χ4n) is 2.14. The quantitative estimate of drug-likeness (QED) is 0.512. The van der Waals surface area contributed by atoms with Gasteiger partial charge in [-0.15, -0.1) is 0 Å². The van der Waals surface area contributed by atoms with E-state index in [2.05, 4.69) is 10.6 Å². The first-order chi connectivity index (χ1) is 11.7. The maximum absolute atomic E-state index is 11.6. The molecule has 134 valence electrons. The van der Waals surface area contributed by atoms with Gasteiger partial charge in [-0.25, -0.2) is 4.79 Å². The molecular formula is C18H28N2O4. The summed E-state index contributed by atoms with van der Waals surface area (Å²) >= 11 is 0. The summed E-state index contributed by atoms with van der Waals surface area (Å²) in [5.74, 6) is 0.584. The van der Waals surface area contributed by atoms with Crippen LogP contribution in [0.4, 0.5) is 4.79 Å². The molecule has 0 aliphatic heterocycles. The van der Waals surface area contributed by atoms with Crippen molar-refractivity contribution in [1.82, 2.24) is 10.6 Å². The SMILES string of the molecule is O=C(CCCCCNC(=O)Oc1ccccc1)NCCCCCO. The third-order valence-corrected chi connectivity index (χ3v) is 3.46. The first-order valence-corrected chi connectivity index (χ1v) is 8.60. The summed E-state index contributed by atoms with van der Waals surface area (Å²) in [6.45, 7) is 1.42. The molecule has 0 unspecified atom stereocenters. The zero-order chi connectivity index (χ0) is 17.5. The highest BCUT2D eigenvalue weighted by molar-refractivity contribution is 5.75. The minimum Gasteiger partial charge on any atom is -0.410 e. The van der Waals surface area contributed by atoms with Crippen LogP contribution in [0.1, 0.15) is 44.9 Å². The van der Waals surface area contributed by atoms with Crippen molar-refractivity contribution in [1.29, 1.82) is 0 Å². The van der Waals surface area contributed by atoms with Crippen molar-refractivity contribution in [3.63, 3.8) is 0 Å².